The van der Waals surface area contributed by atoms with Gasteiger partial charge in [0.2, 0.25) is 0 Å². The lowest BCUT2D eigenvalue weighted by Gasteiger charge is -2.16. The second-order valence-corrected chi connectivity index (χ2v) is 4.59. The van der Waals surface area contributed by atoms with Crippen LogP contribution in [0.1, 0.15) is 11.1 Å². The first kappa shape index (κ1) is 12.6. The number of nitrogen functional groups attached to an aromatic ring is 1. The zero-order valence-electron chi connectivity index (χ0n) is 10.7. The first-order valence-corrected chi connectivity index (χ1v) is 6.16. The van der Waals surface area contributed by atoms with Crippen molar-refractivity contribution >= 4 is 5.69 Å². The molecule has 0 saturated carbocycles. The third-order valence-corrected chi connectivity index (χ3v) is 2.91. The first-order valence-electron chi connectivity index (χ1n) is 6.16. The summed E-state index contributed by atoms with van der Waals surface area (Å²) >= 11 is 0. The maximum atomic E-state index is 5.77. The Balaban J connectivity index is 1.83. The molecule has 0 fully saturated rings. The van der Waals surface area contributed by atoms with Gasteiger partial charge in [0.25, 0.3) is 0 Å². The van der Waals surface area contributed by atoms with Crippen LogP contribution in [-0.4, -0.2) is 23.5 Å². The van der Waals surface area contributed by atoms with Crippen molar-refractivity contribution in [1.82, 2.24) is 9.88 Å². The molecule has 0 aliphatic heterocycles. The van der Waals surface area contributed by atoms with Gasteiger partial charge in [-0.15, -0.1) is 0 Å². The van der Waals surface area contributed by atoms with E-state index in [0.717, 1.165) is 25.2 Å². The number of nitrogens with zero attached hydrogens (tertiary/aromatic N) is 2. The van der Waals surface area contributed by atoms with Gasteiger partial charge in [-0.25, -0.2) is 0 Å². The molecule has 1 aromatic heterocycles. The number of likely N-dealkylation sites (N-methyl/N-ethyl adjacent to an activating group) is 1. The average Bonchev–Trinajstić information content (AvgIpc) is 2.38. The predicted octanol–water partition coefficient (Wildman–Crippen LogP) is 2.34. The van der Waals surface area contributed by atoms with Gasteiger partial charge >= 0.3 is 0 Å². The molecule has 0 atom stereocenters. The Labute approximate surface area is 108 Å². The Kier molecular flexibility index (Phi) is 4.31. The first-order chi connectivity index (χ1) is 8.74. The fourth-order valence-electron chi connectivity index (χ4n) is 1.95. The third kappa shape index (κ3) is 3.86. The van der Waals surface area contributed by atoms with Crippen molar-refractivity contribution in [2.45, 2.75) is 13.0 Å². The molecule has 18 heavy (non-hydrogen) atoms. The largest absolute Gasteiger partial charge is 0.399 e. The number of aromatic nitrogens is 1. The van der Waals surface area contributed by atoms with Crippen LogP contribution in [0.2, 0.25) is 0 Å². The molecular formula is C15H19N3. The lowest BCUT2D eigenvalue weighted by atomic mass is 10.1. The Morgan fingerprint density at radius 2 is 2.00 bits per heavy atom. The Hall–Kier alpha value is -1.87. The number of hydrogen-bond donors (Lipinski definition) is 1. The van der Waals surface area contributed by atoms with E-state index < -0.39 is 0 Å². The molecule has 0 radical (unpaired) electrons. The molecule has 2 aromatic rings. The summed E-state index contributed by atoms with van der Waals surface area (Å²) in [6.45, 7) is 1.94. The summed E-state index contributed by atoms with van der Waals surface area (Å²) in [4.78, 5) is 6.42. The Morgan fingerprint density at radius 1 is 1.17 bits per heavy atom. The minimum Gasteiger partial charge on any atom is -0.399 e. The van der Waals surface area contributed by atoms with Crippen molar-refractivity contribution in [1.29, 1.82) is 0 Å². The second kappa shape index (κ2) is 6.17. The second-order valence-electron chi connectivity index (χ2n) is 4.59. The van der Waals surface area contributed by atoms with E-state index in [1.54, 1.807) is 6.20 Å². The van der Waals surface area contributed by atoms with Crippen molar-refractivity contribution in [3.05, 3.63) is 59.9 Å². The van der Waals surface area contributed by atoms with Gasteiger partial charge in [-0.05, 0) is 42.8 Å². The number of anilines is 1. The van der Waals surface area contributed by atoms with Crippen molar-refractivity contribution in [3.63, 3.8) is 0 Å². The lowest BCUT2D eigenvalue weighted by Crippen LogP contribution is -2.20. The molecule has 0 saturated heterocycles. The van der Waals surface area contributed by atoms with Crippen LogP contribution in [0.25, 0.3) is 0 Å². The number of pyridine rings is 1. The molecule has 94 valence electrons. The minimum atomic E-state index is 0.836. The molecule has 0 amide bonds. The van der Waals surface area contributed by atoms with E-state index >= 15 is 0 Å². The van der Waals surface area contributed by atoms with E-state index in [-0.39, 0.29) is 0 Å². The predicted molar refractivity (Wildman–Crippen MR) is 75.1 cm³/mol. The van der Waals surface area contributed by atoms with Crippen molar-refractivity contribution in [2.24, 2.45) is 0 Å². The standard InChI is InChI=1S/C15H19N3/c1-18(12-14-5-3-8-17-11-14)9-7-13-4-2-6-15(16)10-13/h2-6,8,10-11H,7,9,12,16H2,1H3. The lowest BCUT2D eigenvalue weighted by molar-refractivity contribution is 0.331. The van der Waals surface area contributed by atoms with Crippen LogP contribution in [0.4, 0.5) is 5.69 Å². The molecule has 3 nitrogen and oxygen atoms in total. The maximum absolute atomic E-state index is 5.77. The van der Waals surface area contributed by atoms with Crippen LogP contribution in [0.15, 0.2) is 48.8 Å². The van der Waals surface area contributed by atoms with E-state index in [1.807, 2.05) is 30.5 Å². The van der Waals surface area contributed by atoms with E-state index in [0.29, 0.717) is 0 Å². The number of hydrogen-bond acceptors (Lipinski definition) is 3. The van der Waals surface area contributed by atoms with Crippen molar-refractivity contribution in [2.75, 3.05) is 19.3 Å². The SMILES string of the molecule is CN(CCc1cccc(N)c1)Cc1cccnc1. The van der Waals surface area contributed by atoms with Gasteiger partial charge in [-0.1, -0.05) is 18.2 Å². The van der Waals surface area contributed by atoms with Crippen LogP contribution < -0.4 is 5.73 Å². The fourth-order valence-corrected chi connectivity index (χ4v) is 1.95. The molecule has 0 bridgehead atoms. The van der Waals surface area contributed by atoms with E-state index in [1.165, 1.54) is 11.1 Å². The van der Waals surface area contributed by atoms with Crippen molar-refractivity contribution < 1.29 is 0 Å². The molecule has 0 aliphatic carbocycles. The highest BCUT2D eigenvalue weighted by Gasteiger charge is 2.01. The highest BCUT2D eigenvalue weighted by molar-refractivity contribution is 5.40. The third-order valence-electron chi connectivity index (χ3n) is 2.91. The van der Waals surface area contributed by atoms with Crippen LogP contribution in [-0.2, 0) is 13.0 Å². The molecule has 2 rings (SSSR count). The molecule has 1 aromatic carbocycles. The fraction of sp³-hybridized carbons (Fsp3) is 0.267. The molecular weight excluding hydrogens is 222 g/mol. The Morgan fingerprint density at radius 3 is 2.72 bits per heavy atom. The zero-order chi connectivity index (χ0) is 12.8. The summed E-state index contributed by atoms with van der Waals surface area (Å²) in [5.74, 6) is 0. The zero-order valence-corrected chi connectivity index (χ0v) is 10.7. The van der Waals surface area contributed by atoms with E-state index in [4.69, 9.17) is 5.73 Å². The molecule has 3 heteroatoms. The molecule has 0 spiro atoms. The average molecular weight is 241 g/mol. The van der Waals surface area contributed by atoms with E-state index in [9.17, 15) is 0 Å². The van der Waals surface area contributed by atoms with Gasteiger partial charge in [0, 0.05) is 31.2 Å². The topological polar surface area (TPSA) is 42.1 Å². The minimum absolute atomic E-state index is 0.836. The Bertz CT molecular complexity index is 482. The van der Waals surface area contributed by atoms with Crippen LogP contribution >= 0.6 is 0 Å². The van der Waals surface area contributed by atoms with Crippen LogP contribution in [0, 0.1) is 0 Å². The number of rotatable bonds is 5. The summed E-state index contributed by atoms with van der Waals surface area (Å²) in [6, 6.07) is 12.2. The normalized spacial score (nSPS) is 10.8. The summed E-state index contributed by atoms with van der Waals surface area (Å²) in [7, 11) is 2.12. The molecule has 1 heterocycles. The highest BCUT2D eigenvalue weighted by atomic mass is 15.1. The summed E-state index contributed by atoms with van der Waals surface area (Å²) in [5.41, 5.74) is 9.13. The quantitative estimate of drug-likeness (QED) is 0.817. The summed E-state index contributed by atoms with van der Waals surface area (Å²) in [5, 5.41) is 0. The van der Waals surface area contributed by atoms with Crippen molar-refractivity contribution in [3.8, 4) is 0 Å². The maximum Gasteiger partial charge on any atom is 0.0316 e. The summed E-state index contributed by atoms with van der Waals surface area (Å²) < 4.78 is 0. The van der Waals surface area contributed by atoms with Gasteiger partial charge in [-0.2, -0.15) is 0 Å². The van der Waals surface area contributed by atoms with Crippen LogP contribution in [0.3, 0.4) is 0 Å². The molecule has 0 aliphatic rings. The van der Waals surface area contributed by atoms with Gasteiger partial charge in [0.15, 0.2) is 0 Å². The summed E-state index contributed by atoms with van der Waals surface area (Å²) in [6.07, 6.45) is 4.73. The number of benzene rings is 1. The van der Waals surface area contributed by atoms with Gasteiger partial charge in [-0.3, -0.25) is 4.98 Å². The van der Waals surface area contributed by atoms with Crippen LogP contribution in [0.5, 0.6) is 0 Å². The highest BCUT2D eigenvalue weighted by Crippen LogP contribution is 2.08. The molecule has 0 unspecified atom stereocenters. The number of nitrogens with two attached hydrogens (primary N) is 1. The van der Waals surface area contributed by atoms with Gasteiger partial charge in [0.05, 0.1) is 0 Å². The molecule has 2 N–H and O–H groups in total. The van der Waals surface area contributed by atoms with Gasteiger partial charge in [0.1, 0.15) is 0 Å². The smallest absolute Gasteiger partial charge is 0.0316 e. The van der Waals surface area contributed by atoms with E-state index in [2.05, 4.69) is 29.1 Å². The van der Waals surface area contributed by atoms with Gasteiger partial charge < -0.3 is 10.6 Å². The monoisotopic (exact) mass is 241 g/mol.